The van der Waals surface area contributed by atoms with E-state index in [4.69, 9.17) is 0 Å². The van der Waals surface area contributed by atoms with Gasteiger partial charge >= 0.3 is 0 Å². The topological polar surface area (TPSA) is 60.2 Å². The quantitative estimate of drug-likeness (QED) is 0.369. The number of rotatable bonds is 5. The van der Waals surface area contributed by atoms with Gasteiger partial charge < -0.3 is 0 Å². The lowest BCUT2D eigenvalue weighted by Crippen LogP contribution is -2.16. The van der Waals surface area contributed by atoms with E-state index in [0.29, 0.717) is 12.3 Å². The van der Waals surface area contributed by atoms with E-state index >= 15 is 0 Å². The van der Waals surface area contributed by atoms with Gasteiger partial charge in [-0.25, -0.2) is 0 Å². The van der Waals surface area contributed by atoms with Gasteiger partial charge in [0, 0.05) is 29.5 Å². The molecule has 0 radical (unpaired) electrons. The Morgan fingerprint density at radius 3 is 2.37 bits per heavy atom. The zero-order chi connectivity index (χ0) is 19.2. The number of nitro benzene ring substituents is 1. The summed E-state index contributed by atoms with van der Waals surface area (Å²) in [5.41, 5.74) is 4.69. The van der Waals surface area contributed by atoms with Gasteiger partial charge in [0.15, 0.2) is 5.78 Å². The SMILES string of the molecule is CC1(C)c2cc(C(=O)CCC3CCCC3)ccc2-c2ccc([N+](=O)[O-])cc21. The van der Waals surface area contributed by atoms with Gasteiger partial charge in [-0.1, -0.05) is 51.7 Å². The zero-order valence-electron chi connectivity index (χ0n) is 16.0. The number of nitro groups is 1. The molecule has 0 spiro atoms. The standard InChI is InChI=1S/C23H25NO3/c1-23(2)20-13-16(22(25)12-7-15-5-3-4-6-15)8-10-18(20)19-11-9-17(24(26)27)14-21(19)23/h8-11,13-15H,3-7,12H2,1-2H3. The van der Waals surface area contributed by atoms with Crippen molar-refractivity contribution in [2.24, 2.45) is 5.92 Å². The van der Waals surface area contributed by atoms with Gasteiger partial charge in [0.05, 0.1) is 4.92 Å². The van der Waals surface area contributed by atoms with E-state index in [9.17, 15) is 14.9 Å². The molecule has 0 amide bonds. The first kappa shape index (κ1) is 17.9. The van der Waals surface area contributed by atoms with Crippen molar-refractivity contribution >= 4 is 11.5 Å². The van der Waals surface area contributed by atoms with Crippen molar-refractivity contribution in [1.82, 2.24) is 0 Å². The number of hydrogen-bond donors (Lipinski definition) is 0. The Balaban J connectivity index is 1.63. The maximum Gasteiger partial charge on any atom is 0.269 e. The Morgan fingerprint density at radius 1 is 1.07 bits per heavy atom. The Hall–Kier alpha value is -2.49. The number of ketones is 1. The Labute approximate surface area is 159 Å². The first-order chi connectivity index (χ1) is 12.9. The number of fused-ring (bicyclic) bond motifs is 3. The lowest BCUT2D eigenvalue weighted by Gasteiger charge is -2.21. The van der Waals surface area contributed by atoms with Crippen LogP contribution in [0, 0.1) is 16.0 Å². The average molecular weight is 363 g/mol. The molecule has 1 fully saturated rings. The smallest absolute Gasteiger partial charge is 0.269 e. The van der Waals surface area contributed by atoms with Crippen LogP contribution in [0.5, 0.6) is 0 Å². The van der Waals surface area contributed by atoms with Crippen LogP contribution in [0.1, 0.15) is 73.9 Å². The number of hydrogen-bond acceptors (Lipinski definition) is 3. The molecule has 1 saturated carbocycles. The highest BCUT2D eigenvalue weighted by Crippen LogP contribution is 2.49. The Kier molecular flexibility index (Phi) is 4.37. The summed E-state index contributed by atoms with van der Waals surface area (Å²) in [7, 11) is 0. The van der Waals surface area contributed by atoms with Gasteiger partial charge in [0.2, 0.25) is 0 Å². The van der Waals surface area contributed by atoms with Crippen LogP contribution in [0.2, 0.25) is 0 Å². The van der Waals surface area contributed by atoms with E-state index in [1.807, 2.05) is 24.3 Å². The minimum atomic E-state index is -0.350. The van der Waals surface area contributed by atoms with Crippen molar-refractivity contribution in [3.63, 3.8) is 0 Å². The molecule has 4 heteroatoms. The molecule has 0 bridgehead atoms. The normalized spacial score (nSPS) is 17.6. The summed E-state index contributed by atoms with van der Waals surface area (Å²) < 4.78 is 0. The summed E-state index contributed by atoms with van der Waals surface area (Å²) in [4.78, 5) is 23.6. The highest BCUT2D eigenvalue weighted by atomic mass is 16.6. The highest BCUT2D eigenvalue weighted by Gasteiger charge is 2.37. The fraction of sp³-hybridized carbons (Fsp3) is 0.435. The van der Waals surface area contributed by atoms with Gasteiger partial charge in [-0.15, -0.1) is 0 Å². The van der Waals surface area contributed by atoms with Crippen LogP contribution in [0.15, 0.2) is 36.4 Å². The summed E-state index contributed by atoms with van der Waals surface area (Å²) >= 11 is 0. The minimum Gasteiger partial charge on any atom is -0.294 e. The van der Waals surface area contributed by atoms with Crippen LogP contribution in [-0.4, -0.2) is 10.7 Å². The molecule has 27 heavy (non-hydrogen) atoms. The fourth-order valence-corrected chi connectivity index (χ4v) is 4.79. The Morgan fingerprint density at radius 2 is 1.70 bits per heavy atom. The number of Topliss-reactive ketones (excluding diaryl/α,β-unsaturated/α-hetero) is 1. The first-order valence-corrected chi connectivity index (χ1v) is 9.85. The van der Waals surface area contributed by atoms with Gasteiger partial charge in [0.1, 0.15) is 0 Å². The number of nitrogens with zero attached hydrogens (tertiary/aromatic N) is 1. The van der Waals surface area contributed by atoms with Gasteiger partial charge in [0.25, 0.3) is 5.69 Å². The van der Waals surface area contributed by atoms with Gasteiger partial charge in [-0.2, -0.15) is 0 Å². The van der Waals surface area contributed by atoms with Crippen molar-refractivity contribution in [1.29, 1.82) is 0 Å². The van der Waals surface area contributed by atoms with Crippen molar-refractivity contribution in [3.8, 4) is 11.1 Å². The molecule has 0 heterocycles. The second-order valence-electron chi connectivity index (χ2n) is 8.48. The highest BCUT2D eigenvalue weighted by molar-refractivity contribution is 5.97. The monoisotopic (exact) mass is 363 g/mol. The molecule has 2 aromatic carbocycles. The molecular formula is C23H25NO3. The van der Waals surface area contributed by atoms with E-state index in [0.717, 1.165) is 34.2 Å². The average Bonchev–Trinajstić information content (AvgIpc) is 3.25. The van der Waals surface area contributed by atoms with E-state index in [1.165, 1.54) is 25.7 Å². The molecule has 2 aliphatic carbocycles. The van der Waals surface area contributed by atoms with E-state index < -0.39 is 0 Å². The first-order valence-electron chi connectivity index (χ1n) is 9.85. The second kappa shape index (κ2) is 6.59. The number of benzene rings is 2. The molecule has 2 aliphatic rings. The molecule has 0 aliphatic heterocycles. The predicted octanol–water partition coefficient (Wildman–Crippen LogP) is 6.05. The molecule has 0 aromatic heterocycles. The van der Waals surface area contributed by atoms with Crippen LogP contribution in [-0.2, 0) is 5.41 Å². The molecule has 2 aromatic rings. The van der Waals surface area contributed by atoms with Crippen LogP contribution < -0.4 is 0 Å². The van der Waals surface area contributed by atoms with Crippen molar-refractivity contribution in [3.05, 3.63) is 63.2 Å². The van der Waals surface area contributed by atoms with Gasteiger partial charge in [-0.3, -0.25) is 14.9 Å². The van der Waals surface area contributed by atoms with Crippen molar-refractivity contribution in [2.45, 2.75) is 57.8 Å². The lowest BCUT2D eigenvalue weighted by atomic mass is 9.81. The third-order valence-corrected chi connectivity index (χ3v) is 6.45. The third kappa shape index (κ3) is 3.07. The molecule has 0 saturated heterocycles. The molecule has 140 valence electrons. The van der Waals surface area contributed by atoms with Crippen molar-refractivity contribution in [2.75, 3.05) is 0 Å². The fourth-order valence-electron chi connectivity index (χ4n) is 4.79. The van der Waals surface area contributed by atoms with Crippen LogP contribution in [0.25, 0.3) is 11.1 Å². The zero-order valence-corrected chi connectivity index (χ0v) is 16.0. The van der Waals surface area contributed by atoms with Crippen molar-refractivity contribution < 1.29 is 9.72 Å². The van der Waals surface area contributed by atoms with E-state index in [2.05, 4.69) is 13.8 Å². The lowest BCUT2D eigenvalue weighted by molar-refractivity contribution is -0.384. The Bertz CT molecular complexity index is 923. The summed E-state index contributed by atoms with van der Waals surface area (Å²) in [6, 6.07) is 11.0. The number of carbonyl (C=O) groups excluding carboxylic acids is 1. The molecule has 0 N–H and O–H groups in total. The molecular weight excluding hydrogens is 338 g/mol. The molecule has 4 nitrogen and oxygen atoms in total. The predicted molar refractivity (Wildman–Crippen MR) is 106 cm³/mol. The summed E-state index contributed by atoms with van der Waals surface area (Å²) in [6.07, 6.45) is 6.73. The number of non-ortho nitro benzene ring substituents is 1. The summed E-state index contributed by atoms with van der Waals surface area (Å²) in [5.74, 6) is 0.923. The number of carbonyl (C=O) groups is 1. The van der Waals surface area contributed by atoms with Crippen LogP contribution >= 0.6 is 0 Å². The maximum atomic E-state index is 12.7. The minimum absolute atomic E-state index is 0.113. The second-order valence-corrected chi connectivity index (χ2v) is 8.48. The molecule has 0 unspecified atom stereocenters. The maximum absolute atomic E-state index is 12.7. The molecule has 0 atom stereocenters. The molecule has 4 rings (SSSR count). The van der Waals surface area contributed by atoms with Crippen LogP contribution in [0.3, 0.4) is 0 Å². The largest absolute Gasteiger partial charge is 0.294 e. The van der Waals surface area contributed by atoms with Gasteiger partial charge in [-0.05, 0) is 46.7 Å². The van der Waals surface area contributed by atoms with Crippen LogP contribution in [0.4, 0.5) is 5.69 Å². The third-order valence-electron chi connectivity index (χ3n) is 6.45. The van der Waals surface area contributed by atoms with E-state index in [-0.39, 0.29) is 21.8 Å². The van der Waals surface area contributed by atoms with E-state index in [1.54, 1.807) is 12.1 Å². The summed E-state index contributed by atoms with van der Waals surface area (Å²) in [6.45, 7) is 4.16. The summed E-state index contributed by atoms with van der Waals surface area (Å²) in [5, 5.41) is 11.2.